The number of aryl methyl sites for hydroxylation is 1. The van der Waals surface area contributed by atoms with Crippen molar-refractivity contribution in [3.63, 3.8) is 0 Å². The predicted octanol–water partition coefficient (Wildman–Crippen LogP) is 4.53. The summed E-state index contributed by atoms with van der Waals surface area (Å²) in [6.07, 6.45) is 0. The van der Waals surface area contributed by atoms with E-state index in [1.54, 1.807) is 0 Å². The van der Waals surface area contributed by atoms with Crippen LogP contribution >= 0.6 is 0 Å². The maximum atomic E-state index is 6.02. The minimum atomic E-state index is 0.717. The number of hydrogen-bond acceptors (Lipinski definition) is 3. The molecule has 0 bridgehead atoms. The monoisotopic (exact) mass is 299 g/mol. The van der Waals surface area contributed by atoms with Gasteiger partial charge in [0.15, 0.2) is 0 Å². The molecule has 0 unspecified atom stereocenters. The van der Waals surface area contributed by atoms with Crippen LogP contribution in [0.5, 0.6) is 0 Å². The Bertz CT molecular complexity index is 1030. The summed E-state index contributed by atoms with van der Waals surface area (Å²) in [4.78, 5) is 4.87. The van der Waals surface area contributed by atoms with Crippen LogP contribution in [0.25, 0.3) is 32.9 Å². The van der Waals surface area contributed by atoms with Gasteiger partial charge in [-0.05, 0) is 36.6 Å². The van der Waals surface area contributed by atoms with Crippen molar-refractivity contribution in [2.75, 3.05) is 11.5 Å². The second-order valence-corrected chi connectivity index (χ2v) is 5.91. The number of nitrogens with two attached hydrogens (primary N) is 2. The molecule has 0 amide bonds. The summed E-state index contributed by atoms with van der Waals surface area (Å²) in [5, 5.41) is 3.29. The molecule has 23 heavy (non-hydrogen) atoms. The van der Waals surface area contributed by atoms with Gasteiger partial charge in [-0.15, -0.1) is 0 Å². The third-order valence-corrected chi connectivity index (χ3v) is 4.17. The largest absolute Gasteiger partial charge is 0.399 e. The molecule has 0 radical (unpaired) electrons. The third-order valence-electron chi connectivity index (χ3n) is 4.17. The van der Waals surface area contributed by atoms with Crippen molar-refractivity contribution in [3.05, 3.63) is 66.2 Å². The lowest BCUT2D eigenvalue weighted by Crippen LogP contribution is -1.93. The van der Waals surface area contributed by atoms with E-state index in [2.05, 4.69) is 37.3 Å². The number of fused-ring (bicyclic) bond motifs is 3. The molecule has 3 aromatic carbocycles. The fourth-order valence-corrected chi connectivity index (χ4v) is 2.97. The Labute approximate surface area is 134 Å². The molecule has 4 rings (SSSR count). The van der Waals surface area contributed by atoms with Gasteiger partial charge in [0.2, 0.25) is 0 Å². The molecule has 0 aliphatic rings. The summed E-state index contributed by atoms with van der Waals surface area (Å²) in [5.74, 6) is 0. The van der Waals surface area contributed by atoms with Crippen LogP contribution in [0.3, 0.4) is 0 Å². The molecule has 0 aliphatic heterocycles. The first-order valence-corrected chi connectivity index (χ1v) is 7.57. The van der Waals surface area contributed by atoms with E-state index >= 15 is 0 Å². The second-order valence-electron chi connectivity index (χ2n) is 5.91. The Hall–Kier alpha value is -3.07. The number of rotatable bonds is 1. The SMILES string of the molecule is Cc1ccc(-c2nc3cc(N)ccc3c3ccc(N)cc23)cc1. The lowest BCUT2D eigenvalue weighted by Gasteiger charge is -2.11. The van der Waals surface area contributed by atoms with Gasteiger partial charge in [-0.25, -0.2) is 4.98 Å². The molecule has 0 saturated carbocycles. The van der Waals surface area contributed by atoms with Crippen molar-refractivity contribution >= 4 is 33.1 Å². The third kappa shape index (κ3) is 2.27. The summed E-state index contributed by atoms with van der Waals surface area (Å²) < 4.78 is 0. The number of hydrogen-bond donors (Lipinski definition) is 2. The van der Waals surface area contributed by atoms with Gasteiger partial charge in [0.05, 0.1) is 11.2 Å². The summed E-state index contributed by atoms with van der Waals surface area (Å²) >= 11 is 0. The van der Waals surface area contributed by atoms with Gasteiger partial charge in [-0.1, -0.05) is 42.0 Å². The maximum Gasteiger partial charge on any atom is 0.0788 e. The first-order chi connectivity index (χ1) is 11.1. The van der Waals surface area contributed by atoms with E-state index in [1.807, 2.05) is 30.3 Å². The zero-order valence-electron chi connectivity index (χ0n) is 12.9. The van der Waals surface area contributed by atoms with Gasteiger partial charge in [0.1, 0.15) is 0 Å². The minimum absolute atomic E-state index is 0.717. The highest BCUT2D eigenvalue weighted by molar-refractivity contribution is 6.12. The fourth-order valence-electron chi connectivity index (χ4n) is 2.97. The molecule has 0 fully saturated rings. The van der Waals surface area contributed by atoms with E-state index in [1.165, 1.54) is 5.56 Å². The highest BCUT2D eigenvalue weighted by Gasteiger charge is 2.11. The normalized spacial score (nSPS) is 11.2. The van der Waals surface area contributed by atoms with E-state index in [4.69, 9.17) is 16.5 Å². The summed E-state index contributed by atoms with van der Waals surface area (Å²) in [6, 6.07) is 20.2. The Balaban J connectivity index is 2.15. The van der Waals surface area contributed by atoms with E-state index in [-0.39, 0.29) is 0 Å². The molecule has 0 saturated heterocycles. The van der Waals surface area contributed by atoms with Gasteiger partial charge in [0.25, 0.3) is 0 Å². The summed E-state index contributed by atoms with van der Waals surface area (Å²) in [5.41, 5.74) is 17.6. The lowest BCUT2D eigenvalue weighted by atomic mass is 9.99. The molecule has 3 nitrogen and oxygen atoms in total. The molecular formula is C20H17N3. The number of aromatic nitrogens is 1. The van der Waals surface area contributed by atoms with Crippen LogP contribution in [0.15, 0.2) is 60.7 Å². The van der Waals surface area contributed by atoms with Crippen LogP contribution in [0, 0.1) is 6.92 Å². The quantitative estimate of drug-likeness (QED) is 0.401. The van der Waals surface area contributed by atoms with Gasteiger partial charge < -0.3 is 11.5 Å². The topological polar surface area (TPSA) is 64.9 Å². The number of anilines is 2. The van der Waals surface area contributed by atoms with Crippen LogP contribution in [0.4, 0.5) is 11.4 Å². The van der Waals surface area contributed by atoms with Gasteiger partial charge >= 0.3 is 0 Å². The molecule has 1 aromatic heterocycles. The van der Waals surface area contributed by atoms with Gasteiger partial charge in [-0.3, -0.25) is 0 Å². The zero-order chi connectivity index (χ0) is 16.0. The second kappa shape index (κ2) is 4.99. The van der Waals surface area contributed by atoms with Crippen LogP contribution < -0.4 is 11.5 Å². The standard InChI is InChI=1S/C20H17N3/c1-12-2-4-13(5-3-12)20-18-10-14(21)6-8-16(18)17-9-7-15(22)11-19(17)23-20/h2-11H,21-22H2,1H3. The number of nitrogens with zero attached hydrogens (tertiary/aromatic N) is 1. The maximum absolute atomic E-state index is 6.02. The van der Waals surface area contributed by atoms with Crippen molar-refractivity contribution in [2.45, 2.75) is 6.92 Å². The first kappa shape index (κ1) is 13.6. The molecule has 0 aliphatic carbocycles. The molecule has 3 heteroatoms. The molecule has 1 heterocycles. The predicted molar refractivity (Wildman–Crippen MR) is 98.2 cm³/mol. The molecule has 112 valence electrons. The van der Waals surface area contributed by atoms with Crippen molar-refractivity contribution in [1.82, 2.24) is 4.98 Å². The Morgan fingerprint density at radius 2 is 1.35 bits per heavy atom. The van der Waals surface area contributed by atoms with Crippen molar-refractivity contribution < 1.29 is 0 Å². The fraction of sp³-hybridized carbons (Fsp3) is 0.0500. The average molecular weight is 299 g/mol. The molecular weight excluding hydrogens is 282 g/mol. The smallest absolute Gasteiger partial charge is 0.0788 e. The van der Waals surface area contributed by atoms with Crippen LogP contribution in [0.2, 0.25) is 0 Å². The van der Waals surface area contributed by atoms with E-state index in [9.17, 15) is 0 Å². The van der Waals surface area contributed by atoms with E-state index in [0.717, 1.165) is 44.3 Å². The minimum Gasteiger partial charge on any atom is -0.399 e. The zero-order valence-corrected chi connectivity index (χ0v) is 12.9. The Morgan fingerprint density at radius 1 is 0.696 bits per heavy atom. The van der Waals surface area contributed by atoms with E-state index < -0.39 is 0 Å². The van der Waals surface area contributed by atoms with Crippen molar-refractivity contribution in [3.8, 4) is 11.3 Å². The van der Waals surface area contributed by atoms with Crippen molar-refractivity contribution in [1.29, 1.82) is 0 Å². The Morgan fingerprint density at radius 3 is 2.09 bits per heavy atom. The molecule has 0 spiro atoms. The first-order valence-electron chi connectivity index (χ1n) is 7.57. The average Bonchev–Trinajstić information content (AvgIpc) is 2.54. The highest BCUT2D eigenvalue weighted by Crippen LogP contribution is 2.34. The molecule has 4 N–H and O–H groups in total. The molecule has 0 atom stereocenters. The van der Waals surface area contributed by atoms with Crippen molar-refractivity contribution in [2.24, 2.45) is 0 Å². The van der Waals surface area contributed by atoms with Crippen LogP contribution in [0.1, 0.15) is 5.56 Å². The lowest BCUT2D eigenvalue weighted by molar-refractivity contribution is 1.41. The van der Waals surface area contributed by atoms with Gasteiger partial charge in [0, 0.05) is 27.7 Å². The van der Waals surface area contributed by atoms with Crippen LogP contribution in [-0.4, -0.2) is 4.98 Å². The number of nitrogen functional groups attached to an aromatic ring is 2. The van der Waals surface area contributed by atoms with E-state index in [0.29, 0.717) is 0 Å². The number of pyridine rings is 1. The number of benzene rings is 3. The van der Waals surface area contributed by atoms with Crippen LogP contribution in [-0.2, 0) is 0 Å². The molecule has 4 aromatic rings. The summed E-state index contributed by atoms with van der Waals surface area (Å²) in [7, 11) is 0. The Kier molecular flexibility index (Phi) is 2.95. The summed E-state index contributed by atoms with van der Waals surface area (Å²) in [6.45, 7) is 2.08. The highest BCUT2D eigenvalue weighted by atomic mass is 14.7. The van der Waals surface area contributed by atoms with Gasteiger partial charge in [-0.2, -0.15) is 0 Å².